The summed E-state index contributed by atoms with van der Waals surface area (Å²) in [6.07, 6.45) is -18.2. The fourth-order valence-electron chi connectivity index (χ4n) is 13.5. The monoisotopic (exact) mass is 1790 g/mol. The number of carbonyl (C=O) groups is 3. The van der Waals surface area contributed by atoms with Gasteiger partial charge in [-0.05, 0) is 32.9 Å². The topological polar surface area (TPSA) is 714 Å². The number of amides is 3. The molecule has 1 aromatic carbocycles. The Morgan fingerprint density at radius 1 is 0.516 bits per heavy atom. The van der Waals surface area contributed by atoms with E-state index in [-0.39, 0.29) is 95.6 Å². The first-order valence-electron chi connectivity index (χ1n) is 40.0. The van der Waals surface area contributed by atoms with Gasteiger partial charge in [-0.3, -0.25) is 14.4 Å². The largest absolute Gasteiger partial charge is 0.487 e. The summed E-state index contributed by atoms with van der Waals surface area (Å²) in [6.45, 7) is 19.1. The van der Waals surface area contributed by atoms with E-state index >= 15 is 0 Å². The molecule has 7 aliphatic rings. The normalized spacial score (nSPS) is 36.7. The summed E-state index contributed by atoms with van der Waals surface area (Å²) in [4.78, 5) is 33.6. The van der Waals surface area contributed by atoms with Crippen LogP contribution in [0, 0.1) is 24.7 Å². The Bertz CT molecular complexity index is 3510. The highest BCUT2D eigenvalue weighted by molar-refractivity contribution is 5.76. The number of aliphatic hydroxyl groups is 22. The molecule has 0 saturated carbocycles. The van der Waals surface area contributed by atoms with Crippen molar-refractivity contribution in [2.45, 2.75) is 277 Å². The molecule has 124 heavy (non-hydrogen) atoms. The van der Waals surface area contributed by atoms with E-state index in [2.05, 4.69) is 49.7 Å². The Kier molecular flexibility index (Phi) is 47.7. The lowest BCUT2D eigenvalue weighted by Crippen LogP contribution is -2.65. The second-order valence-corrected chi connectivity index (χ2v) is 30.6. The van der Waals surface area contributed by atoms with Gasteiger partial charge >= 0.3 is 0 Å². The quantitative estimate of drug-likeness (QED) is 0.0315. The molecule has 3 amide bonds. The Morgan fingerprint density at radius 2 is 0.960 bits per heavy atom. The second-order valence-electron chi connectivity index (χ2n) is 30.6. The maximum Gasteiger partial charge on any atom is 0.220 e. The molecule has 0 radical (unpaired) electrons. The van der Waals surface area contributed by atoms with Gasteiger partial charge in [0.2, 0.25) is 17.7 Å². The summed E-state index contributed by atoms with van der Waals surface area (Å²) >= 11 is 0. The molecule has 7 fully saturated rings. The zero-order valence-corrected chi connectivity index (χ0v) is 71.5. The number of nitrogens with one attached hydrogen (secondary N) is 3. The summed E-state index contributed by atoms with van der Waals surface area (Å²) in [7, 11) is 4.31. The molecule has 7 saturated heterocycles. The van der Waals surface area contributed by atoms with E-state index in [0.717, 1.165) is 11.3 Å². The lowest BCUT2D eigenvalue weighted by molar-refractivity contribution is -0.325. The number of aromatic nitrogens is 6. The van der Waals surface area contributed by atoms with Crippen molar-refractivity contribution in [1.82, 2.24) is 45.9 Å². The fraction of sp³-hybridized carbons (Fsp3) is 0.779. The molecule has 33 atom stereocenters. The molecule has 47 heteroatoms. The van der Waals surface area contributed by atoms with E-state index in [9.17, 15) is 85.9 Å². The molecule has 2 aromatic heterocycles. The molecule has 0 aliphatic carbocycles. The van der Waals surface area contributed by atoms with Crippen LogP contribution in [0.5, 0.6) is 5.75 Å². The first-order valence-corrected chi connectivity index (χ1v) is 40.0. The van der Waals surface area contributed by atoms with Crippen LogP contribution in [0.2, 0.25) is 0 Å². The third-order valence-electron chi connectivity index (χ3n) is 21.3. The van der Waals surface area contributed by atoms with Crippen LogP contribution in [0.25, 0.3) is 0 Å². The summed E-state index contributed by atoms with van der Waals surface area (Å²) < 4.78 is 71.6. The molecule has 714 valence electrons. The molecule has 0 spiro atoms. The Hall–Kier alpha value is -6.17. The SMILES string of the molecule is C=CCO[C@H]1O[C@H](CO)[C@H](O)[C@H](O)[C@H]1NC(C)=O.C=CCO[C@H]1O[C@H](Cn2cc(CO)nn2)[C@H](O)[C@H](O)[C@H]1NC(C)=O.CCC(=O)N[C@@H]1[C@@H](O)[C@@H](O)[C@@H](CO)O[C@H]1C.CO[C@H]1OC(CO)(CO)[C@H](O)[C@H](O)[C@H]1C.CO[C@H]1O[C@H](CO)[C@H](O)[C@H](O)[C@H]1C.CO[C@H]1O[C@](C)(CO)[C@H](O)[C@H](O)[C@H]1C.Cc1ccc(OCc2cn([C@H]3CO[C@H](CO)[C@H](O)[C@@H]3O)nn2)cc1. The van der Waals surface area contributed by atoms with Gasteiger partial charge in [-0.25, -0.2) is 9.36 Å². The van der Waals surface area contributed by atoms with Crippen molar-refractivity contribution in [3.63, 3.8) is 0 Å². The summed E-state index contributed by atoms with van der Waals surface area (Å²) in [5.74, 6) is -1.31. The number of hydrogen-bond acceptors (Lipinski definition) is 42. The van der Waals surface area contributed by atoms with Crippen LogP contribution in [0.15, 0.2) is 62.0 Å². The summed E-state index contributed by atoms with van der Waals surface area (Å²) in [6, 6.07) is 4.64. The Balaban J connectivity index is 0.000000307. The van der Waals surface area contributed by atoms with Gasteiger partial charge in [0, 0.05) is 59.4 Å². The van der Waals surface area contributed by atoms with Gasteiger partial charge in [-0.1, -0.05) is 68.0 Å². The predicted molar refractivity (Wildman–Crippen MR) is 423 cm³/mol. The minimum atomic E-state index is -1.56. The van der Waals surface area contributed by atoms with Crippen molar-refractivity contribution < 1.29 is 188 Å². The first-order chi connectivity index (χ1) is 58.6. The van der Waals surface area contributed by atoms with Crippen molar-refractivity contribution in [1.29, 1.82) is 0 Å². The van der Waals surface area contributed by atoms with Crippen molar-refractivity contribution in [3.8, 4) is 5.75 Å². The molecule has 9 heterocycles. The maximum atomic E-state index is 11.3. The van der Waals surface area contributed by atoms with Crippen LogP contribution in [0.4, 0.5) is 0 Å². The maximum absolute atomic E-state index is 11.3. The lowest BCUT2D eigenvalue weighted by Gasteiger charge is -2.47. The van der Waals surface area contributed by atoms with Crippen LogP contribution in [0.3, 0.4) is 0 Å². The molecule has 7 aliphatic heterocycles. The molecule has 3 aromatic rings. The minimum absolute atomic E-state index is 0.0893. The van der Waals surface area contributed by atoms with Gasteiger partial charge in [-0.15, -0.1) is 23.4 Å². The van der Waals surface area contributed by atoms with Crippen LogP contribution in [0.1, 0.15) is 84.8 Å². The molecule has 0 unspecified atom stereocenters. The van der Waals surface area contributed by atoms with E-state index < -0.39 is 215 Å². The van der Waals surface area contributed by atoms with Gasteiger partial charge in [-0.2, -0.15) is 0 Å². The van der Waals surface area contributed by atoms with Gasteiger partial charge < -0.3 is 190 Å². The average molecular weight is 1790 g/mol. The predicted octanol–water partition coefficient (Wildman–Crippen LogP) is -9.86. The number of aliphatic hydroxyl groups excluding tert-OH is 22. The highest BCUT2D eigenvalue weighted by Gasteiger charge is 2.54. The van der Waals surface area contributed by atoms with E-state index in [1.165, 1.54) is 62.9 Å². The van der Waals surface area contributed by atoms with E-state index in [1.54, 1.807) is 47.7 Å². The Labute approximate surface area is 716 Å². The highest BCUT2D eigenvalue weighted by atomic mass is 16.7. The minimum Gasteiger partial charge on any atom is -0.487 e. The zero-order chi connectivity index (χ0) is 93.4. The zero-order valence-electron chi connectivity index (χ0n) is 71.5. The number of carbonyl (C=O) groups excluding carboxylic acids is 3. The fourth-order valence-corrected chi connectivity index (χ4v) is 13.5. The molecular weight excluding hydrogens is 1660 g/mol. The molecular formula is C77H133N9O38. The van der Waals surface area contributed by atoms with Gasteiger partial charge in [0.05, 0.1) is 122 Å². The van der Waals surface area contributed by atoms with Gasteiger partial charge in [0.15, 0.2) is 31.5 Å². The molecule has 0 bridgehead atoms. The molecule has 25 N–H and O–H groups in total. The van der Waals surface area contributed by atoms with Gasteiger partial charge in [0.25, 0.3) is 0 Å². The third kappa shape index (κ3) is 30.2. The van der Waals surface area contributed by atoms with E-state index in [0.29, 0.717) is 17.8 Å². The Morgan fingerprint density at radius 3 is 1.42 bits per heavy atom. The second kappa shape index (κ2) is 53.7. The number of aryl methyl sites for hydroxylation is 1. The van der Waals surface area contributed by atoms with Crippen LogP contribution >= 0.6 is 0 Å². The average Bonchev–Trinajstić information content (AvgIpc) is 0.978. The summed E-state index contributed by atoms with van der Waals surface area (Å²) in [5.41, 5.74) is -0.601. The van der Waals surface area contributed by atoms with Crippen molar-refractivity contribution in [2.75, 3.05) is 87.4 Å². The van der Waals surface area contributed by atoms with E-state index in [1.807, 2.05) is 31.2 Å². The van der Waals surface area contributed by atoms with Crippen LogP contribution in [-0.2, 0) is 91.0 Å². The number of nitrogens with zero attached hydrogens (tertiary/aromatic N) is 6. The van der Waals surface area contributed by atoms with Crippen LogP contribution < -0.4 is 20.7 Å². The van der Waals surface area contributed by atoms with Crippen molar-refractivity contribution in [3.05, 3.63) is 78.9 Å². The highest BCUT2D eigenvalue weighted by Crippen LogP contribution is 2.36. The third-order valence-corrected chi connectivity index (χ3v) is 21.3. The van der Waals surface area contributed by atoms with Crippen molar-refractivity contribution in [2.24, 2.45) is 17.8 Å². The molecule has 10 rings (SSSR count). The smallest absolute Gasteiger partial charge is 0.220 e. The number of hydrogen-bond donors (Lipinski definition) is 25. The van der Waals surface area contributed by atoms with Crippen molar-refractivity contribution >= 4 is 17.7 Å². The van der Waals surface area contributed by atoms with Crippen LogP contribution in [-0.4, -0.2) is 430 Å². The summed E-state index contributed by atoms with van der Waals surface area (Å²) in [5, 5.41) is 233. The first kappa shape index (κ1) is 110. The molecule has 47 nitrogen and oxygen atoms in total. The number of benzene rings is 1. The standard InChI is InChI=1S/C16H21N3O5.C14H22N4O6.C11H19NO6.C10H19NO5.C9H18O6.C9H18O5.C8H16O5/c1-10-2-4-12(5-3-10)23-8-11-6-19(18-17-11)13-9-24-14(7-20)16(22)15(13)21;1-3-4-23-14-11(15-8(2)20)13(22)12(21)10(24-14)6-18-5-9(7-19)16-17-18;1-3-4-17-11-8(12-6(2)14)10(16)9(15)7(5-13)18-11;1-3-7(13)11-8-5(2)16-6(4-12)9(14)10(8)15;1-5-6(12)7(13)9(3-10,4-11)15-8(5)14-2;1-5-6(11)7(12)9(2,4-10)14-8(5)13-3;1-4-6(10)7(11)5(3-9)13-8(4)12-2/h2-6,13-16,20-22H,7-9H2,1H3;3,5,10-14,19,21-22H,1,4,6-7H2,2H3,(H,15,20);3,7-11,13,15-16H,1,4-5H2,2H3,(H,12,14);5-6,8-10,12,14-15H,3-4H2,1-2H3,(H,11,13);5-8,10-13H,3-4H2,1-2H3;5-8,10-12H,4H2,1-3H3;4-11H,3H2,1-2H3/t13-,14+,15+,16-;10-,11-,12+,13-,14+;7-,8-,9+,10-,11+;5-,6+,8-,9-,10+;5-,6-,7-,8+;5-,6-,7-,8+,9-;4-,5-,6-,7+,8+/m0110111/s1. The number of rotatable bonds is 27. The number of ether oxygens (including phenoxy) is 13. The lowest BCUT2D eigenvalue weighted by atomic mass is 9.84. The van der Waals surface area contributed by atoms with Gasteiger partial charge in [0.1, 0.15) is 151 Å². The number of methoxy groups -OCH3 is 3. The van der Waals surface area contributed by atoms with E-state index in [4.69, 9.17) is 102 Å².